The number of fused-ring (bicyclic) bond motifs is 1. The lowest BCUT2D eigenvalue weighted by atomic mass is 9.97. The van der Waals surface area contributed by atoms with E-state index in [1.807, 2.05) is 36.4 Å². The van der Waals surface area contributed by atoms with E-state index in [-0.39, 0.29) is 18.5 Å². The summed E-state index contributed by atoms with van der Waals surface area (Å²) in [4.78, 5) is 12.1. The van der Waals surface area contributed by atoms with Gasteiger partial charge in [-0.1, -0.05) is 24.3 Å². The highest BCUT2D eigenvalue weighted by Crippen LogP contribution is 2.25. The largest absolute Gasteiger partial charge is 0.497 e. The molecule has 2 N–H and O–H groups in total. The summed E-state index contributed by atoms with van der Waals surface area (Å²) in [5.74, 6) is 0.153. The highest BCUT2D eigenvalue weighted by molar-refractivity contribution is 7.88. The summed E-state index contributed by atoms with van der Waals surface area (Å²) in [6.07, 6.45) is 1.04. The van der Waals surface area contributed by atoms with Crippen molar-refractivity contribution in [2.24, 2.45) is 0 Å². The van der Waals surface area contributed by atoms with Crippen molar-refractivity contribution in [3.8, 4) is 5.75 Å². The fourth-order valence-corrected chi connectivity index (χ4v) is 2.53. The Morgan fingerprint density at radius 3 is 2.48 bits per heavy atom. The van der Waals surface area contributed by atoms with E-state index < -0.39 is 10.0 Å². The molecule has 0 aliphatic rings. The number of sulfonamides is 1. The second-order valence-electron chi connectivity index (χ2n) is 5.33. The van der Waals surface area contributed by atoms with Crippen LogP contribution in [0.1, 0.15) is 18.4 Å². The van der Waals surface area contributed by atoms with Crippen molar-refractivity contribution in [2.75, 3.05) is 20.0 Å². The number of ether oxygens (including phenoxy) is 1. The molecule has 2 aromatic rings. The number of hydrogen-bond donors (Lipinski definition) is 2. The zero-order chi connectivity index (χ0) is 17.0. The van der Waals surface area contributed by atoms with Gasteiger partial charge in [0, 0.05) is 0 Å². The second kappa shape index (κ2) is 6.97. The molecule has 0 heterocycles. The first-order chi connectivity index (χ1) is 10.8. The maximum atomic E-state index is 12.1. The van der Waals surface area contributed by atoms with Gasteiger partial charge in [0.2, 0.25) is 15.9 Å². The molecular formula is C16H20N2O4S. The summed E-state index contributed by atoms with van der Waals surface area (Å²) in [5.41, 5.74) is 0.861. The molecule has 2 aromatic carbocycles. The van der Waals surface area contributed by atoms with Gasteiger partial charge >= 0.3 is 0 Å². The molecule has 0 saturated carbocycles. The van der Waals surface area contributed by atoms with Crippen LogP contribution in [0.15, 0.2) is 36.4 Å². The molecule has 1 amide bonds. The van der Waals surface area contributed by atoms with Crippen LogP contribution in [0.5, 0.6) is 5.75 Å². The molecule has 7 heteroatoms. The van der Waals surface area contributed by atoms with Crippen LogP contribution in [0.2, 0.25) is 0 Å². The number of hydrogen-bond acceptors (Lipinski definition) is 4. The highest BCUT2D eigenvalue weighted by Gasteiger charge is 2.15. The number of nitrogens with one attached hydrogen (secondary N) is 2. The van der Waals surface area contributed by atoms with Crippen molar-refractivity contribution in [3.63, 3.8) is 0 Å². The number of amides is 1. The van der Waals surface area contributed by atoms with E-state index in [9.17, 15) is 13.2 Å². The highest BCUT2D eigenvalue weighted by atomic mass is 32.2. The zero-order valence-corrected chi connectivity index (χ0v) is 14.1. The van der Waals surface area contributed by atoms with E-state index in [0.29, 0.717) is 0 Å². The molecule has 0 saturated heterocycles. The fourth-order valence-electron chi connectivity index (χ4n) is 2.20. The smallest absolute Gasteiger partial charge is 0.228 e. The van der Waals surface area contributed by atoms with Crippen LogP contribution in [-0.4, -0.2) is 34.4 Å². The summed E-state index contributed by atoms with van der Waals surface area (Å²) in [5, 5.41) is 4.59. The third kappa shape index (κ3) is 4.67. The van der Waals surface area contributed by atoms with Gasteiger partial charge in [0.25, 0.3) is 0 Å². The average molecular weight is 336 g/mol. The summed E-state index contributed by atoms with van der Waals surface area (Å²) in [6, 6.07) is 11.5. The van der Waals surface area contributed by atoms with Crippen molar-refractivity contribution in [3.05, 3.63) is 42.0 Å². The molecular weight excluding hydrogens is 316 g/mol. The van der Waals surface area contributed by atoms with Gasteiger partial charge in [-0.05, 0) is 35.4 Å². The third-order valence-electron chi connectivity index (χ3n) is 3.56. The summed E-state index contributed by atoms with van der Waals surface area (Å²) in [6.45, 7) is 1.66. The van der Waals surface area contributed by atoms with Gasteiger partial charge < -0.3 is 10.1 Å². The van der Waals surface area contributed by atoms with Crippen LogP contribution in [0.25, 0.3) is 10.8 Å². The third-order valence-corrected chi connectivity index (χ3v) is 4.23. The lowest BCUT2D eigenvalue weighted by Gasteiger charge is -2.14. The Labute approximate surface area is 135 Å². The van der Waals surface area contributed by atoms with Crippen molar-refractivity contribution >= 4 is 26.7 Å². The van der Waals surface area contributed by atoms with Crippen LogP contribution in [-0.2, 0) is 14.8 Å². The molecule has 0 bridgehead atoms. The normalized spacial score (nSPS) is 12.8. The molecule has 23 heavy (non-hydrogen) atoms. The molecule has 124 valence electrons. The van der Waals surface area contributed by atoms with Gasteiger partial charge in [-0.3, -0.25) is 4.79 Å². The van der Waals surface area contributed by atoms with E-state index in [0.717, 1.165) is 28.3 Å². The molecule has 0 aromatic heterocycles. The average Bonchev–Trinajstić information content (AvgIpc) is 2.51. The van der Waals surface area contributed by atoms with Gasteiger partial charge in [0.1, 0.15) is 5.75 Å². The van der Waals surface area contributed by atoms with Crippen LogP contribution < -0.4 is 14.8 Å². The maximum absolute atomic E-state index is 12.1. The lowest BCUT2D eigenvalue weighted by molar-refractivity contribution is -0.122. The van der Waals surface area contributed by atoms with Gasteiger partial charge in [-0.25, -0.2) is 8.42 Å². The molecule has 0 spiro atoms. The standard InChI is InChI=1S/C16H20N2O4S/c1-11(16(19)17-10-18-23(3,20)21)12-4-5-14-9-15(22-2)7-6-13(14)8-12/h4-9,11,18H,10H2,1-3H3,(H,17,19). The molecule has 0 fully saturated rings. The minimum Gasteiger partial charge on any atom is -0.497 e. The van der Waals surface area contributed by atoms with E-state index in [1.54, 1.807) is 14.0 Å². The second-order valence-corrected chi connectivity index (χ2v) is 7.16. The van der Waals surface area contributed by atoms with Crippen molar-refractivity contribution in [2.45, 2.75) is 12.8 Å². The zero-order valence-electron chi connectivity index (χ0n) is 13.3. The Morgan fingerprint density at radius 2 is 1.83 bits per heavy atom. The van der Waals surface area contributed by atoms with E-state index in [1.165, 1.54) is 0 Å². The number of carbonyl (C=O) groups excluding carboxylic acids is 1. The first-order valence-corrected chi connectivity index (χ1v) is 8.99. The summed E-state index contributed by atoms with van der Waals surface area (Å²) >= 11 is 0. The molecule has 1 atom stereocenters. The van der Waals surface area contributed by atoms with Crippen LogP contribution in [0.3, 0.4) is 0 Å². The molecule has 0 radical (unpaired) electrons. The van der Waals surface area contributed by atoms with Crippen molar-refractivity contribution in [1.29, 1.82) is 0 Å². The molecule has 0 aliphatic heterocycles. The lowest BCUT2D eigenvalue weighted by Crippen LogP contribution is -2.38. The topological polar surface area (TPSA) is 84.5 Å². The summed E-state index contributed by atoms with van der Waals surface area (Å²) in [7, 11) is -1.70. The maximum Gasteiger partial charge on any atom is 0.228 e. The van der Waals surface area contributed by atoms with Gasteiger partial charge in [-0.15, -0.1) is 0 Å². The van der Waals surface area contributed by atoms with E-state index in [2.05, 4.69) is 10.0 Å². The number of carbonyl (C=O) groups is 1. The Kier molecular flexibility index (Phi) is 5.23. The Bertz CT molecular complexity index is 818. The quantitative estimate of drug-likeness (QED) is 0.784. The van der Waals surface area contributed by atoms with Crippen molar-refractivity contribution < 1.29 is 17.9 Å². The Morgan fingerprint density at radius 1 is 1.17 bits per heavy atom. The van der Waals surface area contributed by atoms with Gasteiger partial charge in [0.05, 0.1) is 26.0 Å². The van der Waals surface area contributed by atoms with Gasteiger partial charge in [0.15, 0.2) is 0 Å². The number of methoxy groups -OCH3 is 1. The number of rotatable bonds is 6. The molecule has 2 rings (SSSR count). The van der Waals surface area contributed by atoms with Crippen LogP contribution in [0.4, 0.5) is 0 Å². The predicted octanol–water partition coefficient (Wildman–Crippen LogP) is 1.57. The van der Waals surface area contributed by atoms with Crippen LogP contribution in [0, 0.1) is 0 Å². The fraction of sp³-hybridized carbons (Fsp3) is 0.312. The van der Waals surface area contributed by atoms with E-state index >= 15 is 0 Å². The Balaban J connectivity index is 2.11. The first-order valence-electron chi connectivity index (χ1n) is 7.10. The molecule has 6 nitrogen and oxygen atoms in total. The SMILES string of the molecule is COc1ccc2cc(C(C)C(=O)NCNS(C)(=O)=O)ccc2c1. The van der Waals surface area contributed by atoms with Gasteiger partial charge in [-0.2, -0.15) is 4.72 Å². The molecule has 1 unspecified atom stereocenters. The first kappa shape index (κ1) is 17.2. The predicted molar refractivity (Wildman–Crippen MR) is 89.9 cm³/mol. The minimum atomic E-state index is -3.32. The monoisotopic (exact) mass is 336 g/mol. The van der Waals surface area contributed by atoms with Crippen LogP contribution >= 0.6 is 0 Å². The number of benzene rings is 2. The van der Waals surface area contributed by atoms with Crippen molar-refractivity contribution in [1.82, 2.24) is 10.0 Å². The Hall–Kier alpha value is -2.12. The molecule has 0 aliphatic carbocycles. The van der Waals surface area contributed by atoms with E-state index in [4.69, 9.17) is 4.74 Å². The minimum absolute atomic E-state index is 0.118. The summed E-state index contributed by atoms with van der Waals surface area (Å²) < 4.78 is 29.4.